The molecule has 17 heavy (non-hydrogen) atoms. The standard InChI is InChI=1S/C10H7FN4O.ClH/c11-7-1-2-10-8(3-7)9(14-16-10)4-15-6-12-5-13-15;/h1-3,5-6H,4H2;1H. The molecular formula is C10H8ClFN4O. The Morgan fingerprint density at radius 2 is 2.24 bits per heavy atom. The van der Waals surface area contributed by atoms with Crippen molar-refractivity contribution >= 4 is 23.4 Å². The Bertz CT molecular complexity index is 622. The lowest BCUT2D eigenvalue weighted by Gasteiger charge is -1.95. The molecule has 0 radical (unpaired) electrons. The Balaban J connectivity index is 0.00000108. The van der Waals surface area contributed by atoms with Crippen molar-refractivity contribution in [2.24, 2.45) is 0 Å². The van der Waals surface area contributed by atoms with Crippen molar-refractivity contribution in [2.75, 3.05) is 0 Å². The molecule has 0 saturated carbocycles. The summed E-state index contributed by atoms with van der Waals surface area (Å²) in [4.78, 5) is 3.82. The van der Waals surface area contributed by atoms with Gasteiger partial charge < -0.3 is 4.52 Å². The van der Waals surface area contributed by atoms with Crippen molar-refractivity contribution in [3.05, 3.63) is 42.4 Å². The minimum absolute atomic E-state index is 0. The average molecular weight is 255 g/mol. The van der Waals surface area contributed by atoms with E-state index >= 15 is 0 Å². The predicted molar refractivity (Wildman–Crippen MR) is 60.3 cm³/mol. The van der Waals surface area contributed by atoms with Gasteiger partial charge in [0, 0.05) is 5.39 Å². The van der Waals surface area contributed by atoms with Gasteiger partial charge in [-0.2, -0.15) is 5.10 Å². The van der Waals surface area contributed by atoms with Crippen LogP contribution in [-0.4, -0.2) is 19.9 Å². The molecule has 0 saturated heterocycles. The highest BCUT2D eigenvalue weighted by molar-refractivity contribution is 5.85. The second-order valence-corrected chi connectivity index (χ2v) is 3.36. The van der Waals surface area contributed by atoms with Gasteiger partial charge in [0.2, 0.25) is 0 Å². The van der Waals surface area contributed by atoms with Gasteiger partial charge in [0.05, 0.1) is 6.54 Å². The van der Waals surface area contributed by atoms with Crippen molar-refractivity contribution in [3.63, 3.8) is 0 Å². The largest absolute Gasteiger partial charge is 0.356 e. The van der Waals surface area contributed by atoms with Crippen LogP contribution in [0.25, 0.3) is 11.0 Å². The number of hydrogen-bond donors (Lipinski definition) is 0. The first-order valence-corrected chi connectivity index (χ1v) is 4.69. The van der Waals surface area contributed by atoms with E-state index < -0.39 is 0 Å². The van der Waals surface area contributed by atoms with Crippen LogP contribution in [0.5, 0.6) is 0 Å². The fourth-order valence-electron chi connectivity index (χ4n) is 1.54. The van der Waals surface area contributed by atoms with E-state index in [0.29, 0.717) is 23.2 Å². The normalized spacial score (nSPS) is 10.4. The van der Waals surface area contributed by atoms with E-state index in [0.717, 1.165) is 0 Å². The molecule has 0 aliphatic carbocycles. The molecule has 0 bridgehead atoms. The van der Waals surface area contributed by atoms with Crippen LogP contribution in [0.1, 0.15) is 5.69 Å². The number of nitrogens with zero attached hydrogens (tertiary/aromatic N) is 4. The topological polar surface area (TPSA) is 56.7 Å². The second-order valence-electron chi connectivity index (χ2n) is 3.36. The summed E-state index contributed by atoms with van der Waals surface area (Å²) in [6, 6.07) is 4.30. The molecule has 0 aliphatic rings. The Morgan fingerprint density at radius 1 is 1.35 bits per heavy atom. The predicted octanol–water partition coefficient (Wildman–Crippen LogP) is 2.03. The van der Waals surface area contributed by atoms with Crippen LogP contribution in [0.4, 0.5) is 4.39 Å². The molecule has 88 valence electrons. The van der Waals surface area contributed by atoms with Crippen LogP contribution in [0.3, 0.4) is 0 Å². The second kappa shape index (κ2) is 4.50. The highest BCUT2D eigenvalue weighted by atomic mass is 35.5. The van der Waals surface area contributed by atoms with Crippen LogP contribution in [0, 0.1) is 5.82 Å². The molecule has 0 atom stereocenters. The third-order valence-electron chi connectivity index (χ3n) is 2.29. The van der Waals surface area contributed by atoms with E-state index in [9.17, 15) is 4.39 Å². The van der Waals surface area contributed by atoms with Gasteiger partial charge in [0.25, 0.3) is 0 Å². The van der Waals surface area contributed by atoms with E-state index in [1.54, 1.807) is 17.1 Å². The first-order chi connectivity index (χ1) is 7.83. The third-order valence-corrected chi connectivity index (χ3v) is 2.29. The lowest BCUT2D eigenvalue weighted by molar-refractivity contribution is 0.440. The molecule has 1 aromatic carbocycles. The quantitative estimate of drug-likeness (QED) is 0.702. The van der Waals surface area contributed by atoms with Crippen LogP contribution < -0.4 is 0 Å². The van der Waals surface area contributed by atoms with Gasteiger partial charge in [0.1, 0.15) is 24.2 Å². The van der Waals surface area contributed by atoms with Crippen LogP contribution in [0.2, 0.25) is 0 Å². The zero-order valence-electron chi connectivity index (χ0n) is 8.58. The fraction of sp³-hybridized carbons (Fsp3) is 0.100. The van der Waals surface area contributed by atoms with E-state index in [1.807, 2.05) is 0 Å². The summed E-state index contributed by atoms with van der Waals surface area (Å²) in [6.45, 7) is 0.413. The number of hydrogen-bond acceptors (Lipinski definition) is 4. The Morgan fingerprint density at radius 3 is 3.00 bits per heavy atom. The number of benzene rings is 1. The molecule has 0 unspecified atom stereocenters. The molecule has 0 amide bonds. The first kappa shape index (κ1) is 11.5. The van der Waals surface area contributed by atoms with Crippen molar-refractivity contribution in [3.8, 4) is 0 Å². The highest BCUT2D eigenvalue weighted by Crippen LogP contribution is 2.19. The van der Waals surface area contributed by atoms with Crippen molar-refractivity contribution in [1.82, 2.24) is 19.9 Å². The molecule has 3 aromatic rings. The van der Waals surface area contributed by atoms with E-state index in [4.69, 9.17) is 4.52 Å². The molecule has 5 nitrogen and oxygen atoms in total. The number of halogens is 2. The molecule has 0 aliphatic heterocycles. The first-order valence-electron chi connectivity index (χ1n) is 4.69. The smallest absolute Gasteiger partial charge is 0.167 e. The minimum Gasteiger partial charge on any atom is -0.356 e. The van der Waals surface area contributed by atoms with E-state index in [-0.39, 0.29) is 18.2 Å². The molecule has 0 fully saturated rings. The molecule has 3 rings (SSSR count). The molecule has 7 heteroatoms. The maximum Gasteiger partial charge on any atom is 0.167 e. The lowest BCUT2D eigenvalue weighted by atomic mass is 10.2. The third kappa shape index (κ3) is 2.12. The summed E-state index contributed by atoms with van der Waals surface area (Å²) in [5.41, 5.74) is 1.21. The van der Waals surface area contributed by atoms with Gasteiger partial charge in [-0.15, -0.1) is 12.4 Å². The molecule has 2 heterocycles. The van der Waals surface area contributed by atoms with Gasteiger partial charge in [-0.05, 0) is 18.2 Å². The minimum atomic E-state index is -0.310. The van der Waals surface area contributed by atoms with Crippen molar-refractivity contribution < 1.29 is 8.91 Å². The van der Waals surface area contributed by atoms with Gasteiger partial charge in [-0.3, -0.25) is 0 Å². The summed E-state index contributed by atoms with van der Waals surface area (Å²) >= 11 is 0. The molecule has 0 N–H and O–H groups in total. The molecular weight excluding hydrogens is 247 g/mol. The number of fused-ring (bicyclic) bond motifs is 1. The molecule has 0 spiro atoms. The van der Waals surface area contributed by atoms with Crippen LogP contribution in [0.15, 0.2) is 35.4 Å². The molecule has 2 aromatic heterocycles. The maximum absolute atomic E-state index is 13.1. The van der Waals surface area contributed by atoms with Crippen LogP contribution in [-0.2, 0) is 6.54 Å². The summed E-state index contributed by atoms with van der Waals surface area (Å²) in [6.07, 6.45) is 3.00. The summed E-state index contributed by atoms with van der Waals surface area (Å²) in [5.74, 6) is -0.310. The fourth-order valence-corrected chi connectivity index (χ4v) is 1.54. The van der Waals surface area contributed by atoms with Gasteiger partial charge in [-0.1, -0.05) is 5.16 Å². The zero-order valence-corrected chi connectivity index (χ0v) is 9.39. The van der Waals surface area contributed by atoms with Gasteiger partial charge in [0.15, 0.2) is 5.58 Å². The maximum atomic E-state index is 13.1. The van der Waals surface area contributed by atoms with Gasteiger partial charge >= 0.3 is 0 Å². The highest BCUT2D eigenvalue weighted by Gasteiger charge is 2.09. The van der Waals surface area contributed by atoms with Crippen LogP contribution >= 0.6 is 12.4 Å². The Kier molecular flexibility index (Phi) is 3.06. The Hall–Kier alpha value is -1.95. The van der Waals surface area contributed by atoms with Crippen molar-refractivity contribution in [1.29, 1.82) is 0 Å². The summed E-state index contributed by atoms with van der Waals surface area (Å²) in [5, 5.41) is 8.49. The van der Waals surface area contributed by atoms with E-state index in [1.165, 1.54) is 18.5 Å². The number of aromatic nitrogens is 4. The van der Waals surface area contributed by atoms with E-state index in [2.05, 4.69) is 15.2 Å². The summed E-state index contributed by atoms with van der Waals surface area (Å²) in [7, 11) is 0. The lowest BCUT2D eigenvalue weighted by Crippen LogP contribution is -2.00. The average Bonchev–Trinajstić information content (AvgIpc) is 2.90. The van der Waals surface area contributed by atoms with Gasteiger partial charge in [-0.25, -0.2) is 14.1 Å². The SMILES string of the molecule is Cl.Fc1ccc2onc(Cn3cncn3)c2c1. The Labute approximate surface area is 102 Å². The summed E-state index contributed by atoms with van der Waals surface area (Å²) < 4.78 is 19.7. The monoisotopic (exact) mass is 254 g/mol. The van der Waals surface area contributed by atoms with Crippen molar-refractivity contribution in [2.45, 2.75) is 6.54 Å². The number of rotatable bonds is 2. The zero-order chi connectivity index (χ0) is 11.0.